The van der Waals surface area contributed by atoms with Gasteiger partial charge in [0, 0.05) is 17.1 Å². The first-order valence-electron chi connectivity index (χ1n) is 8.23. The fourth-order valence-electron chi connectivity index (χ4n) is 2.42. The first-order valence-corrected chi connectivity index (χ1v) is 9.49. The Bertz CT molecular complexity index is 902. The van der Waals surface area contributed by atoms with E-state index in [1.54, 1.807) is 24.3 Å². The molecule has 1 aliphatic heterocycles. The van der Waals surface area contributed by atoms with Crippen LogP contribution in [-0.2, 0) is 16.1 Å². The highest BCUT2D eigenvalue weighted by Crippen LogP contribution is 2.24. The maximum atomic E-state index is 12.9. The van der Waals surface area contributed by atoms with Crippen molar-refractivity contribution in [2.75, 3.05) is 5.32 Å². The molecule has 2 aromatic carbocycles. The van der Waals surface area contributed by atoms with Crippen LogP contribution in [0.2, 0.25) is 5.02 Å². The lowest BCUT2D eigenvalue weighted by Crippen LogP contribution is -2.28. The van der Waals surface area contributed by atoms with Crippen LogP contribution >= 0.6 is 23.4 Å². The van der Waals surface area contributed by atoms with Crippen LogP contribution in [0.5, 0.6) is 0 Å². The normalized spacial score (nSPS) is 17.8. The lowest BCUT2D eigenvalue weighted by atomic mass is 10.2. The van der Waals surface area contributed by atoms with E-state index in [0.29, 0.717) is 22.4 Å². The standard InChI is InChI=1S/C19H17ClFN3O2S/c1-11-2-7-14(8-15(11)20)23-17(25)9-16-18(26)24-19(27-16)22-10-12-3-5-13(21)6-4-12/h2-8,16H,9-10H2,1H3,(H,23,25)(H,22,24,26)/t16-/m0/s1. The molecule has 5 nitrogen and oxygen atoms in total. The predicted molar refractivity (Wildman–Crippen MR) is 106 cm³/mol. The first kappa shape index (κ1) is 19.4. The molecule has 0 aliphatic carbocycles. The molecule has 1 heterocycles. The molecule has 3 rings (SSSR count). The van der Waals surface area contributed by atoms with Crippen molar-refractivity contribution in [3.05, 3.63) is 64.4 Å². The molecule has 0 bridgehead atoms. The van der Waals surface area contributed by atoms with E-state index in [9.17, 15) is 14.0 Å². The topological polar surface area (TPSA) is 70.6 Å². The van der Waals surface area contributed by atoms with E-state index >= 15 is 0 Å². The summed E-state index contributed by atoms with van der Waals surface area (Å²) in [4.78, 5) is 28.6. The van der Waals surface area contributed by atoms with Crippen molar-refractivity contribution >= 4 is 46.0 Å². The predicted octanol–water partition coefficient (Wildman–Crippen LogP) is 3.90. The number of hydrogen-bond donors (Lipinski definition) is 2. The number of hydrogen-bond acceptors (Lipinski definition) is 4. The van der Waals surface area contributed by atoms with Crippen molar-refractivity contribution < 1.29 is 14.0 Å². The van der Waals surface area contributed by atoms with Crippen molar-refractivity contribution in [1.82, 2.24) is 5.32 Å². The van der Waals surface area contributed by atoms with Crippen LogP contribution in [0, 0.1) is 12.7 Å². The number of nitrogens with one attached hydrogen (secondary N) is 2. The van der Waals surface area contributed by atoms with Crippen LogP contribution in [0.15, 0.2) is 47.5 Å². The number of amidine groups is 1. The Morgan fingerprint density at radius 1 is 1.30 bits per heavy atom. The highest BCUT2D eigenvalue weighted by molar-refractivity contribution is 8.15. The van der Waals surface area contributed by atoms with Crippen molar-refractivity contribution in [1.29, 1.82) is 0 Å². The second-order valence-corrected chi connectivity index (χ2v) is 7.66. The van der Waals surface area contributed by atoms with Crippen molar-refractivity contribution in [3.8, 4) is 0 Å². The Balaban J connectivity index is 1.55. The highest BCUT2D eigenvalue weighted by atomic mass is 35.5. The third-order valence-corrected chi connectivity index (χ3v) is 5.45. The van der Waals surface area contributed by atoms with Crippen LogP contribution in [0.4, 0.5) is 10.1 Å². The third-order valence-electron chi connectivity index (χ3n) is 3.92. The summed E-state index contributed by atoms with van der Waals surface area (Å²) in [5.74, 6) is -0.840. The summed E-state index contributed by atoms with van der Waals surface area (Å²) in [6, 6.07) is 11.2. The number of thioether (sulfide) groups is 1. The molecule has 8 heteroatoms. The molecule has 2 amide bonds. The van der Waals surface area contributed by atoms with Crippen molar-refractivity contribution in [2.45, 2.75) is 25.1 Å². The fraction of sp³-hybridized carbons (Fsp3) is 0.211. The van der Waals surface area contributed by atoms with Gasteiger partial charge in [-0.1, -0.05) is 41.6 Å². The summed E-state index contributed by atoms with van der Waals surface area (Å²) in [5.41, 5.74) is 2.34. The summed E-state index contributed by atoms with van der Waals surface area (Å²) >= 11 is 7.26. The molecular weight excluding hydrogens is 389 g/mol. The first-order chi connectivity index (χ1) is 12.9. The van der Waals surface area contributed by atoms with E-state index in [1.807, 2.05) is 13.0 Å². The molecule has 0 saturated carbocycles. The van der Waals surface area contributed by atoms with E-state index in [4.69, 9.17) is 11.6 Å². The van der Waals surface area contributed by atoms with E-state index in [0.717, 1.165) is 11.1 Å². The molecule has 140 valence electrons. The van der Waals surface area contributed by atoms with Crippen molar-refractivity contribution in [2.24, 2.45) is 4.99 Å². The number of benzene rings is 2. The summed E-state index contributed by atoms with van der Waals surface area (Å²) < 4.78 is 12.9. The minimum Gasteiger partial charge on any atom is -0.326 e. The fourth-order valence-corrected chi connectivity index (χ4v) is 3.57. The molecule has 0 aromatic heterocycles. The zero-order valence-electron chi connectivity index (χ0n) is 14.5. The van der Waals surface area contributed by atoms with Gasteiger partial charge in [0.15, 0.2) is 5.17 Å². The minimum atomic E-state index is -0.544. The smallest absolute Gasteiger partial charge is 0.240 e. The van der Waals surface area contributed by atoms with Crippen LogP contribution in [0.25, 0.3) is 0 Å². The molecular formula is C19H17ClFN3O2S. The SMILES string of the molecule is Cc1ccc(NC(=O)C[C@@H]2SC(=NCc3ccc(F)cc3)NC2=O)cc1Cl. The number of carbonyl (C=O) groups excluding carboxylic acids is 2. The molecule has 0 spiro atoms. The van der Waals surface area contributed by atoms with Crippen LogP contribution in [0.3, 0.4) is 0 Å². The quantitative estimate of drug-likeness (QED) is 0.792. The molecule has 1 atom stereocenters. The lowest BCUT2D eigenvalue weighted by molar-refractivity contribution is -0.122. The molecule has 27 heavy (non-hydrogen) atoms. The zero-order valence-corrected chi connectivity index (χ0v) is 16.0. The summed E-state index contributed by atoms with van der Waals surface area (Å²) in [5, 5.41) is 5.89. The second-order valence-electron chi connectivity index (χ2n) is 6.06. The van der Waals surface area contributed by atoms with Gasteiger partial charge in [0.05, 0.1) is 6.54 Å². The number of anilines is 1. The average molecular weight is 406 g/mol. The van der Waals surface area contributed by atoms with E-state index in [2.05, 4.69) is 15.6 Å². The number of amides is 2. The van der Waals surface area contributed by atoms with Gasteiger partial charge in [-0.2, -0.15) is 0 Å². The number of carbonyl (C=O) groups is 2. The maximum Gasteiger partial charge on any atom is 0.240 e. The third kappa shape index (κ3) is 5.30. The van der Waals surface area contributed by atoms with Gasteiger partial charge in [-0.15, -0.1) is 0 Å². The van der Waals surface area contributed by atoms with Crippen LogP contribution in [-0.4, -0.2) is 22.2 Å². The van der Waals surface area contributed by atoms with Gasteiger partial charge in [-0.05, 0) is 42.3 Å². The summed E-state index contributed by atoms with van der Waals surface area (Å²) in [7, 11) is 0. The van der Waals surface area contributed by atoms with Gasteiger partial charge < -0.3 is 10.6 Å². The largest absolute Gasteiger partial charge is 0.326 e. The Labute approximate surface area is 165 Å². The van der Waals surface area contributed by atoms with Crippen LogP contribution < -0.4 is 10.6 Å². The van der Waals surface area contributed by atoms with Crippen LogP contribution in [0.1, 0.15) is 17.5 Å². The second kappa shape index (κ2) is 8.54. The Morgan fingerprint density at radius 2 is 2.04 bits per heavy atom. The molecule has 1 aliphatic rings. The number of aliphatic imine (C=N–C) groups is 1. The number of halogens is 2. The molecule has 2 N–H and O–H groups in total. The lowest BCUT2D eigenvalue weighted by Gasteiger charge is -2.08. The highest BCUT2D eigenvalue weighted by Gasteiger charge is 2.32. The summed E-state index contributed by atoms with van der Waals surface area (Å²) in [6.07, 6.45) is 0.0254. The molecule has 2 aromatic rings. The number of aryl methyl sites for hydroxylation is 1. The molecule has 1 saturated heterocycles. The Kier molecular flexibility index (Phi) is 6.13. The molecule has 0 unspecified atom stereocenters. The maximum absolute atomic E-state index is 12.9. The van der Waals surface area contributed by atoms with E-state index in [-0.39, 0.29) is 24.1 Å². The number of nitrogens with zero attached hydrogens (tertiary/aromatic N) is 1. The molecule has 0 radical (unpaired) electrons. The Hall–Kier alpha value is -2.38. The van der Waals surface area contributed by atoms with E-state index in [1.165, 1.54) is 23.9 Å². The van der Waals surface area contributed by atoms with Gasteiger partial charge >= 0.3 is 0 Å². The summed E-state index contributed by atoms with van der Waals surface area (Å²) in [6.45, 7) is 2.20. The van der Waals surface area contributed by atoms with Gasteiger partial charge in [0.25, 0.3) is 0 Å². The van der Waals surface area contributed by atoms with Crippen molar-refractivity contribution in [3.63, 3.8) is 0 Å². The minimum absolute atomic E-state index is 0.0254. The average Bonchev–Trinajstić information content (AvgIpc) is 2.97. The number of rotatable bonds is 5. The molecule has 1 fully saturated rings. The Morgan fingerprint density at radius 3 is 2.74 bits per heavy atom. The van der Waals surface area contributed by atoms with Gasteiger partial charge in [-0.25, -0.2) is 4.39 Å². The zero-order chi connectivity index (χ0) is 19.4. The van der Waals surface area contributed by atoms with Gasteiger partial charge in [0.2, 0.25) is 11.8 Å². The van der Waals surface area contributed by atoms with Gasteiger partial charge in [-0.3, -0.25) is 14.6 Å². The monoisotopic (exact) mass is 405 g/mol. The van der Waals surface area contributed by atoms with E-state index < -0.39 is 5.25 Å². The van der Waals surface area contributed by atoms with Gasteiger partial charge in [0.1, 0.15) is 11.1 Å².